The molecule has 0 saturated heterocycles. The third-order valence-corrected chi connectivity index (χ3v) is 4.00. The van der Waals surface area contributed by atoms with Crippen molar-refractivity contribution in [3.63, 3.8) is 0 Å². The summed E-state index contributed by atoms with van der Waals surface area (Å²) in [5, 5.41) is 9.68. The number of nitrogens with zero attached hydrogens (tertiary/aromatic N) is 1. The molecule has 1 aromatic rings. The van der Waals surface area contributed by atoms with Gasteiger partial charge in [0.05, 0.1) is 12.3 Å². The van der Waals surface area contributed by atoms with Gasteiger partial charge < -0.3 is 19.5 Å². The molecule has 2 rings (SSSR count). The van der Waals surface area contributed by atoms with Crippen LogP contribution in [0.3, 0.4) is 0 Å². The molecule has 0 bridgehead atoms. The number of benzene rings is 1. The van der Waals surface area contributed by atoms with Crippen LogP contribution in [0, 0.1) is 0 Å². The lowest BCUT2D eigenvalue weighted by molar-refractivity contribution is -0.137. The molecule has 0 aliphatic carbocycles. The van der Waals surface area contributed by atoms with E-state index < -0.39 is 5.97 Å². The van der Waals surface area contributed by atoms with Crippen molar-refractivity contribution in [2.24, 2.45) is 0 Å². The molecule has 0 saturated carbocycles. The van der Waals surface area contributed by atoms with Crippen molar-refractivity contribution in [3.8, 4) is 11.5 Å². The summed E-state index contributed by atoms with van der Waals surface area (Å²) in [7, 11) is 0. The van der Waals surface area contributed by atoms with Gasteiger partial charge in [0.25, 0.3) is 5.91 Å². The third kappa shape index (κ3) is 5.13. The van der Waals surface area contributed by atoms with Crippen LogP contribution in [0.2, 0.25) is 0 Å². The number of amides is 1. The number of hydrogen-bond donors (Lipinski definition) is 1. The molecule has 0 radical (unpaired) electrons. The molecular weight excluding hydrogens is 366 g/mol. The normalized spacial score (nSPS) is 13.4. The van der Waals surface area contributed by atoms with E-state index in [4.69, 9.17) is 14.6 Å². The number of halogens is 1. The predicted octanol–water partition coefficient (Wildman–Crippen LogP) is 2.83. The number of anilines is 1. The Labute approximate surface area is 143 Å². The molecule has 0 unspecified atom stereocenters. The fraction of sp³-hybridized carbons (Fsp3) is 0.500. The second kappa shape index (κ2) is 8.76. The Morgan fingerprint density at radius 1 is 1.35 bits per heavy atom. The van der Waals surface area contributed by atoms with Gasteiger partial charge >= 0.3 is 5.97 Å². The number of alkyl halides is 1. The van der Waals surface area contributed by atoms with E-state index in [2.05, 4.69) is 15.9 Å². The number of carbonyl (C=O) groups excluding carboxylic acids is 1. The fourth-order valence-corrected chi connectivity index (χ4v) is 2.69. The lowest BCUT2D eigenvalue weighted by Gasteiger charge is -2.29. The minimum Gasteiger partial charge on any atom is -0.494 e. The van der Waals surface area contributed by atoms with E-state index >= 15 is 0 Å². The summed E-state index contributed by atoms with van der Waals surface area (Å²) >= 11 is 3.38. The van der Waals surface area contributed by atoms with Crippen molar-refractivity contribution in [1.29, 1.82) is 0 Å². The van der Waals surface area contributed by atoms with Gasteiger partial charge in [0.1, 0.15) is 11.5 Å². The molecule has 0 atom stereocenters. The van der Waals surface area contributed by atoms with E-state index in [1.165, 1.54) is 0 Å². The first-order valence-electron chi connectivity index (χ1n) is 7.59. The Hall–Kier alpha value is -1.76. The standard InChI is InChI=1S/C16H20BrNO5/c17-7-1-2-9-22-12-5-6-14-13(10-12)18(15(19)11-23-14)8-3-4-16(20)21/h5-6,10H,1-4,7-9,11H2,(H,20,21). The van der Waals surface area contributed by atoms with Gasteiger partial charge in [-0.25, -0.2) is 0 Å². The highest BCUT2D eigenvalue weighted by Gasteiger charge is 2.25. The van der Waals surface area contributed by atoms with Gasteiger partial charge in [-0.15, -0.1) is 0 Å². The summed E-state index contributed by atoms with van der Waals surface area (Å²) in [5.41, 5.74) is 0.643. The van der Waals surface area contributed by atoms with Crippen LogP contribution in [0.25, 0.3) is 0 Å². The van der Waals surface area contributed by atoms with Gasteiger partial charge in [-0.1, -0.05) is 15.9 Å². The molecule has 23 heavy (non-hydrogen) atoms. The van der Waals surface area contributed by atoms with E-state index in [1.807, 2.05) is 6.07 Å². The lowest BCUT2D eigenvalue weighted by atomic mass is 10.2. The number of fused-ring (bicyclic) bond motifs is 1. The number of aliphatic carboxylic acids is 1. The van der Waals surface area contributed by atoms with Crippen molar-refractivity contribution in [3.05, 3.63) is 18.2 Å². The Morgan fingerprint density at radius 3 is 2.91 bits per heavy atom. The molecule has 0 spiro atoms. The maximum absolute atomic E-state index is 12.1. The quantitative estimate of drug-likeness (QED) is 0.522. The van der Waals surface area contributed by atoms with Crippen molar-refractivity contribution < 1.29 is 24.2 Å². The number of carboxylic acid groups (broad SMARTS) is 1. The van der Waals surface area contributed by atoms with Crippen LogP contribution < -0.4 is 14.4 Å². The maximum atomic E-state index is 12.1. The number of unbranched alkanes of at least 4 members (excludes halogenated alkanes) is 1. The minimum absolute atomic E-state index is 0.0223. The predicted molar refractivity (Wildman–Crippen MR) is 89.7 cm³/mol. The van der Waals surface area contributed by atoms with E-state index in [0.29, 0.717) is 36.8 Å². The topological polar surface area (TPSA) is 76.1 Å². The second-order valence-corrected chi connectivity index (χ2v) is 6.00. The summed E-state index contributed by atoms with van der Waals surface area (Å²) < 4.78 is 11.1. The molecule has 0 fully saturated rings. The molecule has 1 heterocycles. The number of carboxylic acids is 1. The molecule has 7 heteroatoms. The third-order valence-electron chi connectivity index (χ3n) is 3.44. The van der Waals surface area contributed by atoms with Gasteiger partial charge in [-0.05, 0) is 31.4 Å². The van der Waals surface area contributed by atoms with Crippen molar-refractivity contribution in [2.45, 2.75) is 25.7 Å². The van der Waals surface area contributed by atoms with Crippen molar-refractivity contribution >= 4 is 33.5 Å². The van der Waals surface area contributed by atoms with E-state index in [0.717, 1.165) is 18.2 Å². The molecule has 1 aliphatic rings. The second-order valence-electron chi connectivity index (χ2n) is 5.21. The monoisotopic (exact) mass is 385 g/mol. The van der Waals surface area contributed by atoms with Gasteiger partial charge in [0.15, 0.2) is 6.61 Å². The molecule has 126 valence electrons. The number of hydrogen-bond acceptors (Lipinski definition) is 4. The van der Waals surface area contributed by atoms with Crippen LogP contribution in [-0.2, 0) is 9.59 Å². The van der Waals surface area contributed by atoms with Gasteiger partial charge in [-0.3, -0.25) is 9.59 Å². The SMILES string of the molecule is O=C(O)CCCN1C(=O)COc2ccc(OCCCCBr)cc21. The minimum atomic E-state index is -0.866. The van der Waals surface area contributed by atoms with E-state index in [-0.39, 0.29) is 18.9 Å². The molecule has 1 amide bonds. The fourth-order valence-electron chi connectivity index (χ4n) is 2.29. The molecule has 1 N–H and O–H groups in total. The Morgan fingerprint density at radius 2 is 2.17 bits per heavy atom. The van der Waals surface area contributed by atoms with E-state index in [1.54, 1.807) is 17.0 Å². The number of rotatable bonds is 9. The zero-order valence-electron chi connectivity index (χ0n) is 12.8. The zero-order valence-corrected chi connectivity index (χ0v) is 14.4. The highest BCUT2D eigenvalue weighted by atomic mass is 79.9. The average molecular weight is 386 g/mol. The Balaban J connectivity index is 2.05. The first-order valence-corrected chi connectivity index (χ1v) is 8.71. The first kappa shape index (κ1) is 17.6. The highest BCUT2D eigenvalue weighted by molar-refractivity contribution is 9.09. The van der Waals surface area contributed by atoms with Gasteiger partial charge in [0.2, 0.25) is 0 Å². The summed E-state index contributed by atoms with van der Waals surface area (Å²) in [6, 6.07) is 5.38. The van der Waals surface area contributed by atoms with Crippen molar-refractivity contribution in [2.75, 3.05) is 30.0 Å². The van der Waals surface area contributed by atoms with Crippen LogP contribution >= 0.6 is 15.9 Å². The van der Waals surface area contributed by atoms with Gasteiger partial charge in [-0.2, -0.15) is 0 Å². The van der Waals surface area contributed by atoms with Crippen molar-refractivity contribution in [1.82, 2.24) is 0 Å². The number of carbonyl (C=O) groups is 2. The molecule has 1 aromatic carbocycles. The Kier molecular flexibility index (Phi) is 6.70. The first-order chi connectivity index (χ1) is 11.1. The van der Waals surface area contributed by atoms with Gasteiger partial charge in [0, 0.05) is 24.4 Å². The summed E-state index contributed by atoms with van der Waals surface area (Å²) in [6.45, 7) is 0.943. The van der Waals surface area contributed by atoms with Crippen LogP contribution in [0.4, 0.5) is 5.69 Å². The largest absolute Gasteiger partial charge is 0.494 e. The smallest absolute Gasteiger partial charge is 0.303 e. The molecule has 0 aromatic heterocycles. The zero-order chi connectivity index (χ0) is 16.7. The summed E-state index contributed by atoms with van der Waals surface area (Å²) in [6.07, 6.45) is 2.41. The highest BCUT2D eigenvalue weighted by Crippen LogP contribution is 2.35. The lowest BCUT2D eigenvalue weighted by Crippen LogP contribution is -2.39. The molecule has 1 aliphatic heterocycles. The maximum Gasteiger partial charge on any atom is 0.303 e. The van der Waals surface area contributed by atoms with Crippen LogP contribution in [0.15, 0.2) is 18.2 Å². The van der Waals surface area contributed by atoms with Crippen LogP contribution in [0.1, 0.15) is 25.7 Å². The van der Waals surface area contributed by atoms with E-state index in [9.17, 15) is 9.59 Å². The Bertz CT molecular complexity index is 563. The summed E-state index contributed by atoms with van der Waals surface area (Å²) in [5.74, 6) is 0.265. The average Bonchev–Trinajstić information content (AvgIpc) is 2.53. The van der Waals surface area contributed by atoms with Crippen LogP contribution in [0.5, 0.6) is 11.5 Å². The molecular formula is C16H20BrNO5. The van der Waals surface area contributed by atoms with Crippen LogP contribution in [-0.4, -0.2) is 42.1 Å². The summed E-state index contributed by atoms with van der Waals surface area (Å²) in [4.78, 5) is 24.3. The molecule has 6 nitrogen and oxygen atoms in total. The number of ether oxygens (including phenoxy) is 2.